The summed E-state index contributed by atoms with van der Waals surface area (Å²) >= 11 is 0. The fourth-order valence-corrected chi connectivity index (χ4v) is 2.22. The normalized spacial score (nSPS) is 10.2. The minimum Gasteiger partial charge on any atom is -0.378 e. The SMILES string of the molecule is CN(C)c1ccc(Nc2cnc(C(=O)Nc3ccccc3)cn2)cc1. The van der Waals surface area contributed by atoms with Crippen LogP contribution in [-0.2, 0) is 0 Å². The van der Waals surface area contributed by atoms with Crippen molar-refractivity contribution in [3.63, 3.8) is 0 Å². The standard InChI is InChI=1S/C19H19N5O/c1-24(2)16-10-8-15(9-11-16)22-18-13-20-17(12-21-18)19(25)23-14-6-4-3-5-7-14/h3-13H,1-2H3,(H,21,22)(H,23,25). The van der Waals surface area contributed by atoms with Crippen molar-refractivity contribution in [2.24, 2.45) is 0 Å². The molecule has 0 bridgehead atoms. The van der Waals surface area contributed by atoms with Crippen LogP contribution in [0, 0.1) is 0 Å². The molecule has 0 atom stereocenters. The smallest absolute Gasteiger partial charge is 0.275 e. The highest BCUT2D eigenvalue weighted by molar-refractivity contribution is 6.02. The maximum absolute atomic E-state index is 12.1. The average Bonchev–Trinajstić information content (AvgIpc) is 2.63. The second-order valence-corrected chi connectivity index (χ2v) is 5.67. The van der Waals surface area contributed by atoms with Gasteiger partial charge in [0, 0.05) is 31.2 Å². The number of carbonyl (C=O) groups excluding carboxylic acids is 1. The molecule has 6 heteroatoms. The van der Waals surface area contributed by atoms with Gasteiger partial charge in [-0.05, 0) is 36.4 Å². The lowest BCUT2D eigenvalue weighted by Gasteiger charge is -2.13. The Bertz CT molecular complexity index is 830. The second-order valence-electron chi connectivity index (χ2n) is 5.67. The van der Waals surface area contributed by atoms with Crippen LogP contribution in [0.4, 0.5) is 22.9 Å². The minimum atomic E-state index is -0.291. The summed E-state index contributed by atoms with van der Waals surface area (Å²) in [6, 6.07) is 17.2. The third-order valence-corrected chi connectivity index (χ3v) is 3.57. The van der Waals surface area contributed by atoms with Crippen LogP contribution in [0.1, 0.15) is 10.5 Å². The number of para-hydroxylation sites is 1. The largest absolute Gasteiger partial charge is 0.378 e. The molecule has 6 nitrogen and oxygen atoms in total. The minimum absolute atomic E-state index is 0.261. The van der Waals surface area contributed by atoms with Gasteiger partial charge >= 0.3 is 0 Å². The number of amides is 1. The first-order valence-electron chi connectivity index (χ1n) is 7.85. The first kappa shape index (κ1) is 16.4. The lowest BCUT2D eigenvalue weighted by molar-refractivity contribution is 0.102. The summed E-state index contributed by atoms with van der Waals surface area (Å²) in [4.78, 5) is 22.6. The zero-order chi connectivity index (χ0) is 17.6. The number of nitrogens with zero attached hydrogens (tertiary/aromatic N) is 3. The van der Waals surface area contributed by atoms with Crippen LogP contribution in [0.15, 0.2) is 67.0 Å². The summed E-state index contributed by atoms with van der Waals surface area (Å²) in [5, 5.41) is 5.94. The van der Waals surface area contributed by atoms with E-state index in [0.717, 1.165) is 17.1 Å². The Morgan fingerprint density at radius 1 is 0.880 bits per heavy atom. The molecule has 2 aromatic carbocycles. The van der Waals surface area contributed by atoms with E-state index >= 15 is 0 Å². The molecule has 25 heavy (non-hydrogen) atoms. The van der Waals surface area contributed by atoms with Crippen LogP contribution in [0.3, 0.4) is 0 Å². The van der Waals surface area contributed by atoms with Crippen molar-refractivity contribution < 1.29 is 4.79 Å². The van der Waals surface area contributed by atoms with Crippen LogP contribution < -0.4 is 15.5 Å². The fraction of sp³-hybridized carbons (Fsp3) is 0.105. The van der Waals surface area contributed by atoms with E-state index in [-0.39, 0.29) is 11.6 Å². The number of aromatic nitrogens is 2. The van der Waals surface area contributed by atoms with Crippen molar-refractivity contribution in [1.82, 2.24) is 9.97 Å². The number of hydrogen-bond acceptors (Lipinski definition) is 5. The number of nitrogens with one attached hydrogen (secondary N) is 2. The molecule has 0 aliphatic heterocycles. The van der Waals surface area contributed by atoms with Crippen molar-refractivity contribution in [1.29, 1.82) is 0 Å². The van der Waals surface area contributed by atoms with E-state index in [1.165, 1.54) is 6.20 Å². The topological polar surface area (TPSA) is 70.2 Å². The van der Waals surface area contributed by atoms with Gasteiger partial charge in [-0.1, -0.05) is 18.2 Å². The molecule has 0 aliphatic rings. The van der Waals surface area contributed by atoms with Gasteiger partial charge in [0.05, 0.1) is 12.4 Å². The summed E-state index contributed by atoms with van der Waals surface area (Å²) in [5.41, 5.74) is 3.00. The number of hydrogen-bond donors (Lipinski definition) is 2. The molecule has 0 fully saturated rings. The van der Waals surface area contributed by atoms with Crippen molar-refractivity contribution in [2.45, 2.75) is 0 Å². The monoisotopic (exact) mass is 333 g/mol. The Kier molecular flexibility index (Phi) is 4.89. The summed E-state index contributed by atoms with van der Waals surface area (Å²) in [6.07, 6.45) is 2.99. The quantitative estimate of drug-likeness (QED) is 0.747. The number of benzene rings is 2. The fourth-order valence-electron chi connectivity index (χ4n) is 2.22. The predicted octanol–water partition coefficient (Wildman–Crippen LogP) is 3.54. The molecule has 3 rings (SSSR count). The Balaban J connectivity index is 1.64. The molecule has 0 radical (unpaired) electrons. The molecular weight excluding hydrogens is 314 g/mol. The van der Waals surface area contributed by atoms with Gasteiger partial charge in [0.15, 0.2) is 0 Å². The first-order chi connectivity index (χ1) is 12.1. The maximum Gasteiger partial charge on any atom is 0.275 e. The van der Waals surface area contributed by atoms with E-state index in [9.17, 15) is 4.79 Å². The average molecular weight is 333 g/mol. The van der Waals surface area contributed by atoms with E-state index in [1.807, 2.05) is 73.6 Å². The number of anilines is 4. The Labute approximate surface area is 146 Å². The molecule has 2 N–H and O–H groups in total. The van der Waals surface area contributed by atoms with Gasteiger partial charge in [-0.25, -0.2) is 9.97 Å². The second kappa shape index (κ2) is 7.44. The van der Waals surface area contributed by atoms with Crippen molar-refractivity contribution >= 4 is 28.8 Å². The molecule has 0 saturated carbocycles. The third kappa shape index (κ3) is 4.32. The molecule has 0 saturated heterocycles. The van der Waals surface area contributed by atoms with Crippen molar-refractivity contribution in [3.05, 3.63) is 72.7 Å². The van der Waals surface area contributed by atoms with E-state index in [1.54, 1.807) is 6.20 Å². The Morgan fingerprint density at radius 2 is 1.60 bits per heavy atom. The molecular formula is C19H19N5O. The van der Waals surface area contributed by atoms with E-state index in [4.69, 9.17) is 0 Å². The van der Waals surface area contributed by atoms with E-state index < -0.39 is 0 Å². The molecule has 1 heterocycles. The van der Waals surface area contributed by atoms with Gasteiger partial charge in [-0.15, -0.1) is 0 Å². The maximum atomic E-state index is 12.1. The zero-order valence-corrected chi connectivity index (χ0v) is 14.1. The number of carbonyl (C=O) groups is 1. The van der Waals surface area contributed by atoms with Crippen LogP contribution in [0.2, 0.25) is 0 Å². The van der Waals surface area contributed by atoms with E-state index in [0.29, 0.717) is 5.82 Å². The van der Waals surface area contributed by atoms with Gasteiger partial charge < -0.3 is 15.5 Å². The summed E-state index contributed by atoms with van der Waals surface area (Å²) in [7, 11) is 3.99. The zero-order valence-electron chi connectivity index (χ0n) is 14.1. The van der Waals surface area contributed by atoms with Crippen LogP contribution in [0.5, 0.6) is 0 Å². The Hall–Kier alpha value is -3.41. The molecule has 0 spiro atoms. The molecule has 3 aromatic rings. The molecule has 1 aromatic heterocycles. The van der Waals surface area contributed by atoms with Gasteiger partial charge in [0.2, 0.25) is 0 Å². The molecule has 0 unspecified atom stereocenters. The van der Waals surface area contributed by atoms with Crippen LogP contribution >= 0.6 is 0 Å². The summed E-state index contributed by atoms with van der Waals surface area (Å²) in [6.45, 7) is 0. The summed E-state index contributed by atoms with van der Waals surface area (Å²) in [5.74, 6) is 0.287. The highest BCUT2D eigenvalue weighted by Crippen LogP contribution is 2.18. The third-order valence-electron chi connectivity index (χ3n) is 3.57. The van der Waals surface area contributed by atoms with Gasteiger partial charge in [0.25, 0.3) is 5.91 Å². The predicted molar refractivity (Wildman–Crippen MR) is 100 cm³/mol. The van der Waals surface area contributed by atoms with Crippen LogP contribution in [0.25, 0.3) is 0 Å². The van der Waals surface area contributed by atoms with Gasteiger partial charge in [-0.2, -0.15) is 0 Å². The van der Waals surface area contributed by atoms with Crippen LogP contribution in [-0.4, -0.2) is 30.0 Å². The lowest BCUT2D eigenvalue weighted by Crippen LogP contribution is -2.14. The molecule has 126 valence electrons. The summed E-state index contributed by atoms with van der Waals surface area (Å²) < 4.78 is 0. The van der Waals surface area contributed by atoms with Gasteiger partial charge in [0.1, 0.15) is 11.5 Å². The van der Waals surface area contributed by atoms with E-state index in [2.05, 4.69) is 20.6 Å². The lowest BCUT2D eigenvalue weighted by atomic mass is 10.2. The Morgan fingerprint density at radius 3 is 2.20 bits per heavy atom. The highest BCUT2D eigenvalue weighted by atomic mass is 16.1. The van der Waals surface area contributed by atoms with Crippen molar-refractivity contribution in [2.75, 3.05) is 29.6 Å². The highest BCUT2D eigenvalue weighted by Gasteiger charge is 2.08. The van der Waals surface area contributed by atoms with Crippen molar-refractivity contribution in [3.8, 4) is 0 Å². The molecule has 1 amide bonds. The first-order valence-corrected chi connectivity index (χ1v) is 7.85. The van der Waals surface area contributed by atoms with Gasteiger partial charge in [-0.3, -0.25) is 4.79 Å². The number of rotatable bonds is 5. The molecule has 0 aliphatic carbocycles.